The van der Waals surface area contributed by atoms with Gasteiger partial charge in [0.1, 0.15) is 0 Å². The van der Waals surface area contributed by atoms with Crippen molar-refractivity contribution in [3.8, 4) is 11.5 Å². The fourth-order valence-corrected chi connectivity index (χ4v) is 1.57. The molecule has 0 aliphatic carbocycles. The topological polar surface area (TPSA) is 61.8 Å². The van der Waals surface area contributed by atoms with E-state index in [9.17, 15) is 9.59 Å². The SMILES string of the molecule is CCOC(=O)/C(C)=C/C(=O)c1ccc(OC)c(OC)c1. The van der Waals surface area contributed by atoms with Crippen LogP contribution in [0.4, 0.5) is 0 Å². The molecule has 5 heteroatoms. The molecule has 0 atom stereocenters. The Kier molecular flexibility index (Phi) is 5.77. The number of esters is 1. The van der Waals surface area contributed by atoms with Gasteiger partial charge in [0, 0.05) is 11.1 Å². The molecule has 0 bridgehead atoms. The van der Waals surface area contributed by atoms with Crippen LogP contribution in [0.15, 0.2) is 29.8 Å². The molecule has 0 fully saturated rings. The largest absolute Gasteiger partial charge is 0.493 e. The maximum atomic E-state index is 12.1. The summed E-state index contributed by atoms with van der Waals surface area (Å²) in [4.78, 5) is 23.5. The van der Waals surface area contributed by atoms with Gasteiger partial charge in [-0.15, -0.1) is 0 Å². The molecule has 1 aromatic rings. The minimum atomic E-state index is -0.499. The van der Waals surface area contributed by atoms with E-state index in [1.54, 1.807) is 25.1 Å². The first-order chi connectivity index (χ1) is 9.53. The van der Waals surface area contributed by atoms with E-state index >= 15 is 0 Å². The average molecular weight is 278 g/mol. The lowest BCUT2D eigenvalue weighted by atomic mass is 10.1. The summed E-state index contributed by atoms with van der Waals surface area (Å²) in [7, 11) is 3.01. The van der Waals surface area contributed by atoms with Crippen LogP contribution in [-0.2, 0) is 9.53 Å². The van der Waals surface area contributed by atoms with Gasteiger partial charge in [0.15, 0.2) is 17.3 Å². The van der Waals surface area contributed by atoms with E-state index in [-0.39, 0.29) is 18.0 Å². The molecule has 108 valence electrons. The molecule has 0 unspecified atom stereocenters. The minimum Gasteiger partial charge on any atom is -0.493 e. The van der Waals surface area contributed by atoms with Gasteiger partial charge in [0.2, 0.25) is 0 Å². The molecule has 0 aliphatic rings. The zero-order valence-corrected chi connectivity index (χ0v) is 12.1. The van der Waals surface area contributed by atoms with E-state index in [1.807, 2.05) is 0 Å². The van der Waals surface area contributed by atoms with Crippen LogP contribution < -0.4 is 9.47 Å². The third-order valence-electron chi connectivity index (χ3n) is 2.61. The fourth-order valence-electron chi connectivity index (χ4n) is 1.57. The van der Waals surface area contributed by atoms with E-state index < -0.39 is 5.97 Å². The van der Waals surface area contributed by atoms with Gasteiger partial charge in [-0.1, -0.05) is 0 Å². The second-order valence-electron chi connectivity index (χ2n) is 3.98. The van der Waals surface area contributed by atoms with Gasteiger partial charge in [-0.3, -0.25) is 4.79 Å². The van der Waals surface area contributed by atoms with Crippen LogP contribution in [0, 0.1) is 0 Å². The molecular formula is C15H18O5. The van der Waals surface area contributed by atoms with Crippen LogP contribution in [-0.4, -0.2) is 32.6 Å². The predicted octanol–water partition coefficient (Wildman–Crippen LogP) is 2.40. The first kappa shape index (κ1) is 15.8. The van der Waals surface area contributed by atoms with Crippen molar-refractivity contribution >= 4 is 11.8 Å². The van der Waals surface area contributed by atoms with Gasteiger partial charge in [0.25, 0.3) is 0 Å². The summed E-state index contributed by atoms with van der Waals surface area (Å²) in [5, 5.41) is 0. The van der Waals surface area contributed by atoms with Crippen LogP contribution in [0.5, 0.6) is 11.5 Å². The van der Waals surface area contributed by atoms with Gasteiger partial charge in [-0.25, -0.2) is 4.79 Å². The second kappa shape index (κ2) is 7.33. The van der Waals surface area contributed by atoms with Crippen LogP contribution >= 0.6 is 0 Å². The Morgan fingerprint density at radius 2 is 1.80 bits per heavy atom. The number of allylic oxidation sites excluding steroid dienone is 1. The van der Waals surface area contributed by atoms with E-state index in [0.29, 0.717) is 17.1 Å². The number of hydrogen-bond acceptors (Lipinski definition) is 5. The number of hydrogen-bond donors (Lipinski definition) is 0. The van der Waals surface area contributed by atoms with Crippen LogP contribution in [0.2, 0.25) is 0 Å². The highest BCUT2D eigenvalue weighted by Crippen LogP contribution is 2.27. The zero-order valence-electron chi connectivity index (χ0n) is 12.1. The quantitative estimate of drug-likeness (QED) is 0.454. The summed E-state index contributed by atoms with van der Waals surface area (Å²) < 4.78 is 15.0. The lowest BCUT2D eigenvalue weighted by molar-refractivity contribution is -0.138. The minimum absolute atomic E-state index is 0.256. The Labute approximate surface area is 118 Å². The highest BCUT2D eigenvalue weighted by atomic mass is 16.5. The molecule has 0 saturated heterocycles. The van der Waals surface area contributed by atoms with Crippen molar-refractivity contribution in [2.45, 2.75) is 13.8 Å². The number of ether oxygens (including phenoxy) is 3. The highest BCUT2D eigenvalue weighted by Gasteiger charge is 2.12. The molecular weight excluding hydrogens is 260 g/mol. The molecule has 1 aromatic carbocycles. The Morgan fingerprint density at radius 1 is 1.15 bits per heavy atom. The molecule has 0 heterocycles. The van der Waals surface area contributed by atoms with E-state index in [2.05, 4.69) is 0 Å². The first-order valence-electron chi connectivity index (χ1n) is 6.15. The normalized spacial score (nSPS) is 10.9. The Morgan fingerprint density at radius 3 is 2.35 bits per heavy atom. The molecule has 5 nitrogen and oxygen atoms in total. The maximum absolute atomic E-state index is 12.1. The van der Waals surface area contributed by atoms with Crippen LogP contribution in [0.25, 0.3) is 0 Å². The molecule has 0 spiro atoms. The van der Waals surface area contributed by atoms with Gasteiger partial charge in [-0.2, -0.15) is 0 Å². The number of rotatable bonds is 6. The first-order valence-corrected chi connectivity index (χ1v) is 6.15. The molecule has 0 saturated carbocycles. The Hall–Kier alpha value is -2.30. The summed E-state index contributed by atoms with van der Waals surface area (Å²) >= 11 is 0. The third-order valence-corrected chi connectivity index (χ3v) is 2.61. The summed E-state index contributed by atoms with van der Waals surface area (Å²) in [6.07, 6.45) is 1.25. The number of methoxy groups -OCH3 is 2. The van der Waals surface area contributed by atoms with Crippen molar-refractivity contribution in [1.29, 1.82) is 0 Å². The van der Waals surface area contributed by atoms with Gasteiger partial charge < -0.3 is 14.2 Å². The van der Waals surface area contributed by atoms with Crippen molar-refractivity contribution in [1.82, 2.24) is 0 Å². The molecule has 0 aromatic heterocycles. The Balaban J connectivity index is 2.98. The maximum Gasteiger partial charge on any atom is 0.333 e. The summed E-state index contributed by atoms with van der Waals surface area (Å²) in [6, 6.07) is 4.81. The molecule has 1 rings (SSSR count). The Bertz CT molecular complexity index is 531. The average Bonchev–Trinajstić information content (AvgIpc) is 2.46. The van der Waals surface area contributed by atoms with E-state index in [0.717, 1.165) is 0 Å². The lowest BCUT2D eigenvalue weighted by Gasteiger charge is -2.08. The van der Waals surface area contributed by atoms with Crippen LogP contribution in [0.3, 0.4) is 0 Å². The second-order valence-corrected chi connectivity index (χ2v) is 3.98. The molecule has 0 amide bonds. The van der Waals surface area contributed by atoms with Crippen molar-refractivity contribution in [3.63, 3.8) is 0 Å². The van der Waals surface area contributed by atoms with E-state index in [1.165, 1.54) is 27.2 Å². The lowest BCUT2D eigenvalue weighted by Crippen LogP contribution is -2.07. The monoisotopic (exact) mass is 278 g/mol. The van der Waals surface area contributed by atoms with Crippen molar-refractivity contribution in [3.05, 3.63) is 35.4 Å². The van der Waals surface area contributed by atoms with Crippen molar-refractivity contribution < 1.29 is 23.8 Å². The van der Waals surface area contributed by atoms with Crippen molar-refractivity contribution in [2.24, 2.45) is 0 Å². The molecule has 20 heavy (non-hydrogen) atoms. The van der Waals surface area contributed by atoms with E-state index in [4.69, 9.17) is 14.2 Å². The summed E-state index contributed by atoms with van der Waals surface area (Å²) in [5.74, 6) is 0.202. The summed E-state index contributed by atoms with van der Waals surface area (Å²) in [6.45, 7) is 3.52. The van der Waals surface area contributed by atoms with Crippen LogP contribution in [0.1, 0.15) is 24.2 Å². The smallest absolute Gasteiger partial charge is 0.333 e. The number of carbonyl (C=O) groups excluding carboxylic acids is 2. The summed E-state index contributed by atoms with van der Waals surface area (Å²) in [5.41, 5.74) is 0.665. The highest BCUT2D eigenvalue weighted by molar-refractivity contribution is 6.08. The molecule has 0 radical (unpaired) electrons. The number of ketones is 1. The molecule has 0 N–H and O–H groups in total. The van der Waals surface area contributed by atoms with Gasteiger partial charge in [0.05, 0.1) is 20.8 Å². The van der Waals surface area contributed by atoms with Gasteiger partial charge in [-0.05, 0) is 38.1 Å². The standard InChI is InChI=1S/C15H18O5/c1-5-20-15(17)10(2)8-12(16)11-6-7-13(18-3)14(9-11)19-4/h6-9H,5H2,1-4H3/b10-8+. The van der Waals surface area contributed by atoms with Gasteiger partial charge >= 0.3 is 5.97 Å². The number of benzene rings is 1. The fraction of sp³-hybridized carbons (Fsp3) is 0.333. The van der Waals surface area contributed by atoms with Crippen molar-refractivity contribution in [2.75, 3.05) is 20.8 Å². The third kappa shape index (κ3) is 3.85. The molecule has 0 aliphatic heterocycles. The predicted molar refractivity (Wildman–Crippen MR) is 74.3 cm³/mol. The zero-order chi connectivity index (χ0) is 15.1. The number of carbonyl (C=O) groups is 2.